The van der Waals surface area contributed by atoms with Crippen LogP contribution < -0.4 is 15.9 Å². The van der Waals surface area contributed by atoms with Crippen molar-refractivity contribution in [2.24, 2.45) is 5.10 Å². The van der Waals surface area contributed by atoms with Crippen LogP contribution in [-0.4, -0.2) is 37.4 Å². The van der Waals surface area contributed by atoms with Gasteiger partial charge in [-0.2, -0.15) is 9.78 Å². The second kappa shape index (κ2) is 9.48. The predicted octanol–water partition coefficient (Wildman–Crippen LogP) is 2.64. The molecule has 3 N–H and O–H groups in total. The molecule has 0 unspecified atom stereocenters. The van der Waals surface area contributed by atoms with Gasteiger partial charge in [0.1, 0.15) is 23.9 Å². The standard InChI is InChI=1S/C22H21FN8O3/c1-12-8-13(2)17(14(3)9-12)10-25-27-22(32)19-18(11-33-16-6-4-15(23)5-7-16)31(30-26-19)21-20(24)28-34-29-21/h4-10H,11H2,1-3H3,(H2,24,28)(H,27,32)/b25-10-. The Labute approximate surface area is 193 Å². The second-order valence-corrected chi connectivity index (χ2v) is 7.52. The molecular weight excluding hydrogens is 443 g/mol. The van der Waals surface area contributed by atoms with E-state index in [9.17, 15) is 9.18 Å². The molecule has 34 heavy (non-hydrogen) atoms. The maximum atomic E-state index is 13.2. The zero-order chi connectivity index (χ0) is 24.2. The SMILES string of the molecule is Cc1cc(C)c(/C=N\NC(=O)c2nnn(-c3nonc3N)c2COc2ccc(F)cc2)c(C)c1. The summed E-state index contributed by atoms with van der Waals surface area (Å²) in [5.41, 5.74) is 12.5. The molecule has 0 saturated heterocycles. The van der Waals surface area contributed by atoms with Crippen LogP contribution in [-0.2, 0) is 6.61 Å². The smallest absolute Gasteiger partial charge is 0.293 e. The molecule has 0 aliphatic heterocycles. The largest absolute Gasteiger partial charge is 0.487 e. The normalized spacial score (nSPS) is 11.2. The van der Waals surface area contributed by atoms with Crippen molar-refractivity contribution in [3.8, 4) is 11.6 Å². The van der Waals surface area contributed by atoms with Gasteiger partial charge in [0.05, 0.1) is 6.21 Å². The van der Waals surface area contributed by atoms with Crippen molar-refractivity contribution in [3.05, 3.63) is 75.9 Å². The number of carbonyl (C=O) groups excluding carboxylic acids is 1. The molecule has 0 aliphatic rings. The van der Waals surface area contributed by atoms with E-state index in [4.69, 9.17) is 10.5 Å². The fraction of sp³-hybridized carbons (Fsp3) is 0.182. The lowest BCUT2D eigenvalue weighted by atomic mass is 10.0. The van der Waals surface area contributed by atoms with Crippen LogP contribution in [0.15, 0.2) is 46.1 Å². The Morgan fingerprint density at radius 1 is 1.21 bits per heavy atom. The minimum absolute atomic E-state index is 0.0404. The highest BCUT2D eigenvalue weighted by molar-refractivity contribution is 5.94. The molecule has 174 valence electrons. The van der Waals surface area contributed by atoms with Crippen molar-refractivity contribution in [2.75, 3.05) is 5.73 Å². The Morgan fingerprint density at radius 2 is 1.91 bits per heavy atom. The Hall–Kier alpha value is -4.61. The average molecular weight is 464 g/mol. The molecular formula is C22H21FN8O3. The number of ether oxygens (including phenoxy) is 1. The van der Waals surface area contributed by atoms with Crippen LogP contribution in [0.3, 0.4) is 0 Å². The molecule has 2 aromatic heterocycles. The first kappa shape index (κ1) is 22.6. The zero-order valence-electron chi connectivity index (χ0n) is 18.6. The molecule has 0 atom stereocenters. The molecule has 0 bridgehead atoms. The second-order valence-electron chi connectivity index (χ2n) is 7.52. The van der Waals surface area contributed by atoms with Gasteiger partial charge in [0.25, 0.3) is 5.91 Å². The summed E-state index contributed by atoms with van der Waals surface area (Å²) in [7, 11) is 0. The monoisotopic (exact) mass is 464 g/mol. The molecule has 0 radical (unpaired) electrons. The van der Waals surface area contributed by atoms with Crippen LogP contribution in [0.5, 0.6) is 5.75 Å². The van der Waals surface area contributed by atoms with Crippen LogP contribution in [0.4, 0.5) is 10.2 Å². The molecule has 4 aromatic rings. The summed E-state index contributed by atoms with van der Waals surface area (Å²) in [4.78, 5) is 12.9. The van der Waals surface area contributed by atoms with Crippen molar-refractivity contribution in [1.82, 2.24) is 30.7 Å². The van der Waals surface area contributed by atoms with Crippen LogP contribution in [0.2, 0.25) is 0 Å². The summed E-state index contributed by atoms with van der Waals surface area (Å²) >= 11 is 0. The van der Waals surface area contributed by atoms with Gasteiger partial charge in [0.15, 0.2) is 5.69 Å². The minimum Gasteiger partial charge on any atom is -0.487 e. The lowest BCUT2D eigenvalue weighted by molar-refractivity contribution is 0.0947. The number of benzene rings is 2. The summed E-state index contributed by atoms with van der Waals surface area (Å²) in [6.07, 6.45) is 1.57. The van der Waals surface area contributed by atoms with E-state index >= 15 is 0 Å². The van der Waals surface area contributed by atoms with E-state index < -0.39 is 11.7 Å². The molecule has 0 saturated carbocycles. The predicted molar refractivity (Wildman–Crippen MR) is 120 cm³/mol. The summed E-state index contributed by atoms with van der Waals surface area (Å²) < 4.78 is 24.7. The third kappa shape index (κ3) is 4.75. The van der Waals surface area contributed by atoms with Gasteiger partial charge in [-0.1, -0.05) is 22.9 Å². The molecule has 0 fully saturated rings. The molecule has 0 aliphatic carbocycles. The minimum atomic E-state index is -0.627. The maximum Gasteiger partial charge on any atom is 0.293 e. The highest BCUT2D eigenvalue weighted by Gasteiger charge is 2.24. The molecule has 2 heterocycles. The van der Waals surface area contributed by atoms with E-state index in [1.54, 1.807) is 6.21 Å². The number of rotatable bonds is 7. The number of hydrogen-bond donors (Lipinski definition) is 2. The number of anilines is 1. The third-order valence-corrected chi connectivity index (χ3v) is 4.96. The number of hydrogen-bond acceptors (Lipinski definition) is 9. The van der Waals surface area contributed by atoms with Gasteiger partial charge in [-0.15, -0.1) is 5.10 Å². The lowest BCUT2D eigenvalue weighted by Gasteiger charge is -2.08. The fourth-order valence-electron chi connectivity index (χ4n) is 3.40. The van der Waals surface area contributed by atoms with E-state index in [0.29, 0.717) is 5.75 Å². The Bertz CT molecular complexity index is 1340. The quantitative estimate of drug-likeness (QED) is 0.313. The van der Waals surface area contributed by atoms with Gasteiger partial charge in [-0.05, 0) is 66.5 Å². The molecule has 0 spiro atoms. The van der Waals surface area contributed by atoms with E-state index in [2.05, 4.69) is 35.8 Å². The van der Waals surface area contributed by atoms with Crippen LogP contribution in [0.25, 0.3) is 5.82 Å². The molecule has 11 nitrogen and oxygen atoms in total. The number of aromatic nitrogens is 5. The Balaban J connectivity index is 1.59. The summed E-state index contributed by atoms with van der Waals surface area (Å²) in [5.74, 6) is -0.674. The van der Waals surface area contributed by atoms with Crippen molar-refractivity contribution < 1.29 is 18.6 Å². The number of halogens is 1. The van der Waals surface area contributed by atoms with Crippen molar-refractivity contribution >= 4 is 17.9 Å². The van der Waals surface area contributed by atoms with Crippen molar-refractivity contribution in [2.45, 2.75) is 27.4 Å². The number of nitrogen functional groups attached to an aromatic ring is 1. The maximum absolute atomic E-state index is 13.2. The number of aryl methyl sites for hydroxylation is 3. The molecule has 12 heteroatoms. The summed E-state index contributed by atoms with van der Waals surface area (Å²) in [6, 6.07) is 9.47. The van der Waals surface area contributed by atoms with E-state index in [1.165, 1.54) is 28.9 Å². The first-order valence-corrected chi connectivity index (χ1v) is 10.2. The number of nitrogens with two attached hydrogens (primary N) is 1. The average Bonchev–Trinajstić information content (AvgIpc) is 3.40. The zero-order valence-corrected chi connectivity index (χ0v) is 18.6. The Kier molecular flexibility index (Phi) is 6.30. The lowest BCUT2D eigenvalue weighted by Crippen LogP contribution is -2.21. The van der Waals surface area contributed by atoms with E-state index in [-0.39, 0.29) is 29.6 Å². The van der Waals surface area contributed by atoms with Crippen LogP contribution in [0.1, 0.15) is 38.4 Å². The number of carbonyl (C=O) groups is 1. The van der Waals surface area contributed by atoms with E-state index in [0.717, 1.165) is 22.3 Å². The number of amides is 1. The Morgan fingerprint density at radius 3 is 2.56 bits per heavy atom. The van der Waals surface area contributed by atoms with Crippen molar-refractivity contribution in [1.29, 1.82) is 0 Å². The number of hydrazone groups is 1. The molecule has 2 aromatic carbocycles. The van der Waals surface area contributed by atoms with Gasteiger partial charge in [-0.25, -0.2) is 14.4 Å². The number of nitrogens with one attached hydrogen (secondary N) is 1. The highest BCUT2D eigenvalue weighted by atomic mass is 19.1. The van der Waals surface area contributed by atoms with E-state index in [1.807, 2.05) is 32.9 Å². The first-order valence-electron chi connectivity index (χ1n) is 10.2. The highest BCUT2D eigenvalue weighted by Crippen LogP contribution is 2.19. The molecule has 1 amide bonds. The fourth-order valence-corrected chi connectivity index (χ4v) is 3.40. The number of nitrogens with zero attached hydrogens (tertiary/aromatic N) is 6. The van der Waals surface area contributed by atoms with Gasteiger partial charge in [0, 0.05) is 5.56 Å². The van der Waals surface area contributed by atoms with Gasteiger partial charge < -0.3 is 10.5 Å². The van der Waals surface area contributed by atoms with Gasteiger partial charge in [-0.3, -0.25) is 4.79 Å². The summed E-state index contributed by atoms with van der Waals surface area (Å²) in [6.45, 7) is 5.79. The van der Waals surface area contributed by atoms with Crippen LogP contribution >= 0.6 is 0 Å². The third-order valence-electron chi connectivity index (χ3n) is 4.96. The topological polar surface area (TPSA) is 146 Å². The summed E-state index contributed by atoms with van der Waals surface area (Å²) in [5, 5.41) is 19.2. The van der Waals surface area contributed by atoms with Gasteiger partial charge >= 0.3 is 0 Å². The first-order chi connectivity index (χ1) is 16.3. The molecule has 4 rings (SSSR count). The van der Waals surface area contributed by atoms with Crippen molar-refractivity contribution in [3.63, 3.8) is 0 Å². The van der Waals surface area contributed by atoms with Gasteiger partial charge in [0.2, 0.25) is 11.6 Å². The van der Waals surface area contributed by atoms with Crippen LogP contribution in [0, 0.1) is 26.6 Å².